The number of hydrogen-bond acceptors (Lipinski definition) is 9. The lowest BCUT2D eigenvalue weighted by atomic mass is 9.83. The molecule has 1 aromatic carbocycles. The van der Waals surface area contributed by atoms with Crippen molar-refractivity contribution in [3.63, 3.8) is 0 Å². The van der Waals surface area contributed by atoms with Crippen LogP contribution in [0.5, 0.6) is 0 Å². The minimum atomic E-state index is -1.06. The Balaban J connectivity index is 2.30. The van der Waals surface area contributed by atoms with Crippen molar-refractivity contribution in [1.82, 2.24) is 15.1 Å². The van der Waals surface area contributed by atoms with Crippen molar-refractivity contribution in [1.29, 1.82) is 0 Å². The maximum Gasteiger partial charge on any atom is 0.329 e. The summed E-state index contributed by atoms with van der Waals surface area (Å²) in [5.41, 5.74) is 5.17. The molecule has 54 heavy (non-hydrogen) atoms. The Hall–Kier alpha value is -3.35. The van der Waals surface area contributed by atoms with Crippen molar-refractivity contribution in [2.75, 3.05) is 27.8 Å². The van der Waals surface area contributed by atoms with Crippen molar-refractivity contribution in [3.05, 3.63) is 35.9 Å². The Labute approximate surface area is 324 Å². The number of nitrogens with one attached hydrogen (secondary N) is 1. The van der Waals surface area contributed by atoms with E-state index in [0.29, 0.717) is 13.0 Å². The van der Waals surface area contributed by atoms with E-state index in [9.17, 15) is 24.0 Å². The Morgan fingerprint density at radius 1 is 0.963 bits per heavy atom. The van der Waals surface area contributed by atoms with Crippen LogP contribution in [0.15, 0.2) is 30.3 Å². The molecular weight excluding hydrogens is 688 g/mol. The number of ketones is 1. The van der Waals surface area contributed by atoms with Gasteiger partial charge in [-0.05, 0) is 64.9 Å². The third-order valence-corrected chi connectivity index (χ3v) is 10.8. The Morgan fingerprint density at radius 3 is 2.07 bits per heavy atom. The summed E-state index contributed by atoms with van der Waals surface area (Å²) in [5, 5.41) is 2.92. The molecule has 0 bridgehead atoms. The van der Waals surface area contributed by atoms with Crippen LogP contribution in [0.1, 0.15) is 107 Å². The Bertz CT molecular complexity index is 1390. The molecule has 0 radical (unpaired) electrons. The average Bonchev–Trinajstić information content (AvgIpc) is 3.58. The monoisotopic (exact) mass is 759 g/mol. The third-order valence-electron chi connectivity index (χ3n) is 10.8. The molecule has 3 amide bonds. The van der Waals surface area contributed by atoms with Crippen LogP contribution < -0.4 is 11.1 Å². The number of amides is 3. The summed E-state index contributed by atoms with van der Waals surface area (Å²) in [4.78, 5) is 71.8. The van der Waals surface area contributed by atoms with Gasteiger partial charge < -0.3 is 35.1 Å². The van der Waals surface area contributed by atoms with E-state index >= 15 is 0 Å². The highest BCUT2D eigenvalue weighted by Gasteiger charge is 2.43. The third kappa shape index (κ3) is 13.2. The van der Waals surface area contributed by atoms with Crippen molar-refractivity contribution >= 4 is 29.5 Å². The molecule has 1 saturated heterocycles. The molecule has 1 aliphatic heterocycles. The van der Waals surface area contributed by atoms with Gasteiger partial charge in [-0.2, -0.15) is 0 Å². The number of likely N-dealkylation sites (tertiary alicyclic amines) is 1. The number of benzene rings is 1. The second-order valence-corrected chi connectivity index (χ2v) is 17.1. The summed E-state index contributed by atoms with van der Waals surface area (Å²) in [6.07, 6.45) is 1.10. The number of rotatable bonds is 20. The fourth-order valence-electron chi connectivity index (χ4n) is 7.36. The summed E-state index contributed by atoms with van der Waals surface area (Å²) >= 11 is 0. The molecule has 1 aromatic rings. The smallest absolute Gasteiger partial charge is 0.329 e. The summed E-state index contributed by atoms with van der Waals surface area (Å²) in [5.74, 6) is -2.86. The van der Waals surface area contributed by atoms with Gasteiger partial charge in [0, 0.05) is 46.6 Å². The van der Waals surface area contributed by atoms with Crippen LogP contribution in [0.2, 0.25) is 0 Å². The number of ether oxygens (including phenoxy) is 3. The van der Waals surface area contributed by atoms with Gasteiger partial charge in [-0.1, -0.05) is 71.4 Å². The van der Waals surface area contributed by atoms with Crippen molar-refractivity contribution in [2.24, 2.45) is 29.4 Å². The number of nitrogens with two attached hydrogens (primary N) is 1. The van der Waals surface area contributed by atoms with Gasteiger partial charge in [0.05, 0.1) is 42.2 Å². The summed E-state index contributed by atoms with van der Waals surface area (Å²) in [7, 11) is 4.81. The second kappa shape index (κ2) is 20.5. The highest BCUT2D eigenvalue weighted by molar-refractivity contribution is 5.92. The number of Topliss-reactive ketones (excluding diaryl/α,β-unsaturated/α-hetero) is 1. The van der Waals surface area contributed by atoms with Gasteiger partial charge in [0.25, 0.3) is 0 Å². The molecule has 1 heterocycles. The zero-order chi connectivity index (χ0) is 41.1. The molecule has 8 atom stereocenters. The first-order valence-electron chi connectivity index (χ1n) is 19.6. The molecule has 0 spiro atoms. The van der Waals surface area contributed by atoms with E-state index in [2.05, 4.69) is 5.32 Å². The molecule has 306 valence electrons. The van der Waals surface area contributed by atoms with Crippen molar-refractivity contribution in [2.45, 2.75) is 149 Å². The van der Waals surface area contributed by atoms with E-state index in [4.69, 9.17) is 19.9 Å². The van der Waals surface area contributed by atoms with Crippen molar-refractivity contribution < 1.29 is 38.2 Å². The van der Waals surface area contributed by atoms with Crippen LogP contribution in [0, 0.1) is 23.7 Å². The standard InChI is InChI=1S/C42H70N4O8/c1-14-27(4)36(45(11)39(50)30(26(2)3)24-34(47)42(9,10)43)33(52-12)25-35(48)46-22-18-21-32(46)37(53-13)28(5)38(49)44-31(40(51)54-41(6,7)8)23-29-19-16-15-17-20-29/h15-17,19-20,26-28,30-33,36-37H,14,18,21-25,43H2,1-13H3,(H,44,49). The highest BCUT2D eigenvalue weighted by Crippen LogP contribution is 2.31. The first-order valence-corrected chi connectivity index (χ1v) is 19.6. The van der Waals surface area contributed by atoms with Crippen molar-refractivity contribution in [3.8, 4) is 0 Å². The summed E-state index contributed by atoms with van der Waals surface area (Å²) in [6, 6.07) is 7.67. The van der Waals surface area contributed by atoms with Crippen LogP contribution in [0.3, 0.4) is 0 Å². The number of nitrogens with zero attached hydrogens (tertiary/aromatic N) is 2. The normalized spacial score (nSPS) is 18.9. The van der Waals surface area contributed by atoms with Gasteiger partial charge in [0.15, 0.2) is 5.78 Å². The van der Waals surface area contributed by atoms with Gasteiger partial charge >= 0.3 is 5.97 Å². The molecule has 2 rings (SSSR count). The van der Waals surface area contributed by atoms with Gasteiger partial charge in [-0.25, -0.2) is 4.79 Å². The minimum absolute atomic E-state index is 0.00946. The fourth-order valence-corrected chi connectivity index (χ4v) is 7.36. The molecule has 1 aliphatic rings. The molecule has 12 nitrogen and oxygen atoms in total. The van der Waals surface area contributed by atoms with E-state index in [1.807, 2.05) is 58.0 Å². The predicted molar refractivity (Wildman–Crippen MR) is 210 cm³/mol. The minimum Gasteiger partial charge on any atom is -0.458 e. The summed E-state index contributed by atoms with van der Waals surface area (Å²) < 4.78 is 17.6. The van der Waals surface area contributed by atoms with Gasteiger partial charge in [-0.3, -0.25) is 19.2 Å². The number of carbonyl (C=O) groups excluding carboxylic acids is 5. The van der Waals surface area contributed by atoms with Gasteiger partial charge in [0.1, 0.15) is 11.6 Å². The quantitative estimate of drug-likeness (QED) is 0.176. The molecule has 8 unspecified atom stereocenters. The van der Waals surface area contributed by atoms with E-state index in [1.165, 1.54) is 7.11 Å². The Morgan fingerprint density at radius 2 is 1.57 bits per heavy atom. The molecule has 0 saturated carbocycles. The lowest BCUT2D eigenvalue weighted by Gasteiger charge is -2.41. The average molecular weight is 759 g/mol. The van der Waals surface area contributed by atoms with Crippen LogP contribution in [0.25, 0.3) is 0 Å². The van der Waals surface area contributed by atoms with E-state index in [-0.39, 0.29) is 54.6 Å². The molecule has 3 N–H and O–H groups in total. The molecule has 0 aliphatic carbocycles. The fraction of sp³-hybridized carbons (Fsp3) is 0.738. The number of methoxy groups -OCH3 is 2. The van der Waals surface area contributed by atoms with Crippen LogP contribution in [0.4, 0.5) is 0 Å². The summed E-state index contributed by atoms with van der Waals surface area (Å²) in [6.45, 7) is 18.8. The zero-order valence-corrected chi connectivity index (χ0v) is 35.3. The number of likely N-dealkylation sites (N-methyl/N-ethyl adjacent to an activating group) is 1. The zero-order valence-electron chi connectivity index (χ0n) is 35.3. The predicted octanol–water partition coefficient (Wildman–Crippen LogP) is 4.94. The Kier molecular flexibility index (Phi) is 17.8. The van der Waals surface area contributed by atoms with Crippen LogP contribution in [-0.4, -0.2) is 109 Å². The SMILES string of the molecule is CCC(C)C(C(CC(=O)N1CCCC1C(OC)C(C)C(=O)NC(Cc1ccccc1)C(=O)OC(C)(C)C)OC)N(C)C(=O)C(CC(=O)C(C)(C)N)C(C)C. The molecular formula is C42H70N4O8. The maximum atomic E-state index is 14.2. The van der Waals surface area contributed by atoms with Gasteiger partial charge in [0.2, 0.25) is 17.7 Å². The van der Waals surface area contributed by atoms with Crippen LogP contribution >= 0.6 is 0 Å². The molecule has 1 fully saturated rings. The highest BCUT2D eigenvalue weighted by atomic mass is 16.6. The first kappa shape index (κ1) is 46.8. The first-order chi connectivity index (χ1) is 25.1. The topological polar surface area (TPSA) is 158 Å². The second-order valence-electron chi connectivity index (χ2n) is 17.1. The number of esters is 1. The van der Waals surface area contributed by atoms with E-state index < -0.39 is 59.3 Å². The van der Waals surface area contributed by atoms with Crippen LogP contribution in [-0.2, 0) is 44.6 Å². The lowest BCUT2D eigenvalue weighted by molar-refractivity contribution is -0.159. The molecule has 12 heteroatoms. The maximum absolute atomic E-state index is 14.2. The molecule has 0 aromatic heterocycles. The van der Waals surface area contributed by atoms with E-state index in [1.54, 1.807) is 65.5 Å². The number of hydrogen-bond donors (Lipinski definition) is 2. The van der Waals surface area contributed by atoms with E-state index in [0.717, 1.165) is 18.4 Å². The lowest BCUT2D eigenvalue weighted by Crippen LogP contribution is -2.55. The van der Waals surface area contributed by atoms with Gasteiger partial charge in [-0.15, -0.1) is 0 Å². The number of carbonyl (C=O) groups is 5. The largest absolute Gasteiger partial charge is 0.458 e.